The molecule has 0 aliphatic carbocycles. The number of methoxy groups -OCH3 is 1. The van der Waals surface area contributed by atoms with Crippen LogP contribution in [0.25, 0.3) is 0 Å². The van der Waals surface area contributed by atoms with Gasteiger partial charge in [-0.05, 0) is 24.3 Å². The number of ether oxygens (including phenoxy) is 2. The molecule has 0 saturated carbocycles. The van der Waals surface area contributed by atoms with Crippen LogP contribution in [0, 0.1) is 0 Å². The molecule has 1 aromatic heterocycles. The van der Waals surface area contributed by atoms with Gasteiger partial charge in [-0.25, -0.2) is 0 Å². The molecule has 0 bridgehead atoms. The van der Waals surface area contributed by atoms with E-state index in [4.69, 9.17) is 14.0 Å². The summed E-state index contributed by atoms with van der Waals surface area (Å²) in [6, 6.07) is 8.38. The first-order valence-corrected chi connectivity index (χ1v) is 9.09. The third kappa shape index (κ3) is 5.54. The molecule has 1 aliphatic rings. The van der Waals surface area contributed by atoms with Gasteiger partial charge in [-0.15, -0.1) is 0 Å². The molecular formula is C19H24N4O5. The van der Waals surface area contributed by atoms with Crippen molar-refractivity contribution in [3.63, 3.8) is 0 Å². The number of anilines is 1. The Hall–Kier alpha value is -2.91. The van der Waals surface area contributed by atoms with Crippen LogP contribution in [-0.4, -0.2) is 79.8 Å². The number of benzene rings is 1. The summed E-state index contributed by atoms with van der Waals surface area (Å²) in [6.45, 7) is 4.01. The molecule has 28 heavy (non-hydrogen) atoms. The van der Waals surface area contributed by atoms with Crippen LogP contribution < -0.4 is 10.1 Å². The van der Waals surface area contributed by atoms with E-state index in [1.165, 1.54) is 11.2 Å². The fourth-order valence-corrected chi connectivity index (χ4v) is 2.89. The van der Waals surface area contributed by atoms with Crippen molar-refractivity contribution in [1.29, 1.82) is 0 Å². The molecule has 2 heterocycles. The summed E-state index contributed by atoms with van der Waals surface area (Å²) in [6.07, 6.45) is 1.37. The van der Waals surface area contributed by atoms with Crippen LogP contribution in [0.5, 0.6) is 5.75 Å². The van der Waals surface area contributed by atoms with Crippen molar-refractivity contribution in [1.82, 2.24) is 15.0 Å². The number of hydrogen-bond donors (Lipinski definition) is 1. The third-order valence-electron chi connectivity index (χ3n) is 4.45. The number of aromatic nitrogens is 1. The molecule has 2 amide bonds. The molecule has 1 aromatic carbocycles. The number of nitrogens with zero attached hydrogens (tertiary/aromatic N) is 3. The van der Waals surface area contributed by atoms with E-state index < -0.39 is 0 Å². The molecule has 1 saturated heterocycles. The molecule has 1 aliphatic heterocycles. The molecule has 1 fully saturated rings. The maximum Gasteiger partial charge on any atom is 0.254 e. The molecule has 0 atom stereocenters. The van der Waals surface area contributed by atoms with Gasteiger partial charge in [0.05, 0.1) is 20.3 Å². The lowest BCUT2D eigenvalue weighted by Gasteiger charge is -2.30. The van der Waals surface area contributed by atoms with Gasteiger partial charge in [0.25, 0.3) is 5.91 Å². The van der Waals surface area contributed by atoms with Crippen molar-refractivity contribution in [2.75, 3.05) is 58.4 Å². The van der Waals surface area contributed by atoms with Crippen molar-refractivity contribution in [2.45, 2.75) is 0 Å². The number of carbonyl (C=O) groups is 2. The SMILES string of the molecule is COc1ccc(C(=O)N(CCN2CCOCC2)CC(=O)Nc2ccon2)cc1. The Bertz CT molecular complexity index is 757. The summed E-state index contributed by atoms with van der Waals surface area (Å²) in [5.41, 5.74) is 0.497. The van der Waals surface area contributed by atoms with E-state index in [-0.39, 0.29) is 18.4 Å². The largest absolute Gasteiger partial charge is 0.497 e. The molecule has 0 radical (unpaired) electrons. The van der Waals surface area contributed by atoms with Gasteiger partial charge in [-0.3, -0.25) is 14.5 Å². The molecule has 150 valence electrons. The molecular weight excluding hydrogens is 364 g/mol. The van der Waals surface area contributed by atoms with Gasteiger partial charge in [0.1, 0.15) is 18.6 Å². The predicted octanol–water partition coefficient (Wildman–Crippen LogP) is 1.10. The lowest BCUT2D eigenvalue weighted by molar-refractivity contribution is -0.117. The van der Waals surface area contributed by atoms with Crippen LogP contribution in [-0.2, 0) is 9.53 Å². The molecule has 0 unspecified atom stereocenters. The van der Waals surface area contributed by atoms with Crippen molar-refractivity contribution in [3.05, 3.63) is 42.2 Å². The number of hydrogen-bond acceptors (Lipinski definition) is 7. The van der Waals surface area contributed by atoms with Gasteiger partial charge < -0.3 is 24.2 Å². The summed E-state index contributed by atoms with van der Waals surface area (Å²) >= 11 is 0. The fraction of sp³-hybridized carbons (Fsp3) is 0.421. The van der Waals surface area contributed by atoms with Gasteiger partial charge in [0.15, 0.2) is 5.82 Å². The fourth-order valence-electron chi connectivity index (χ4n) is 2.89. The minimum atomic E-state index is -0.335. The van der Waals surface area contributed by atoms with Gasteiger partial charge in [0, 0.05) is 37.8 Å². The van der Waals surface area contributed by atoms with Crippen LogP contribution in [0.2, 0.25) is 0 Å². The molecule has 3 rings (SSSR count). The monoisotopic (exact) mass is 388 g/mol. The Labute approximate surface area is 163 Å². The second kappa shape index (κ2) is 9.86. The van der Waals surface area contributed by atoms with E-state index in [9.17, 15) is 9.59 Å². The number of amides is 2. The zero-order chi connectivity index (χ0) is 19.8. The van der Waals surface area contributed by atoms with Crippen LogP contribution >= 0.6 is 0 Å². The standard InChI is InChI=1S/C19H24N4O5/c1-26-16-4-2-15(3-5-16)19(25)23(8-7-22-9-12-27-13-10-22)14-18(24)20-17-6-11-28-21-17/h2-6,11H,7-10,12-14H2,1H3,(H,20,21,24). The molecule has 9 heteroatoms. The zero-order valence-electron chi connectivity index (χ0n) is 15.8. The summed E-state index contributed by atoms with van der Waals surface area (Å²) in [7, 11) is 1.57. The molecule has 0 spiro atoms. The third-order valence-corrected chi connectivity index (χ3v) is 4.45. The lowest BCUT2D eigenvalue weighted by Crippen LogP contribution is -2.45. The van der Waals surface area contributed by atoms with E-state index in [2.05, 4.69) is 15.4 Å². The highest BCUT2D eigenvalue weighted by Gasteiger charge is 2.21. The number of nitrogens with one attached hydrogen (secondary N) is 1. The van der Waals surface area contributed by atoms with Gasteiger partial charge in [-0.1, -0.05) is 5.16 Å². The van der Waals surface area contributed by atoms with E-state index >= 15 is 0 Å². The maximum absolute atomic E-state index is 13.0. The normalized spacial score (nSPS) is 14.5. The van der Waals surface area contributed by atoms with Crippen LogP contribution in [0.3, 0.4) is 0 Å². The highest BCUT2D eigenvalue weighted by atomic mass is 16.5. The highest BCUT2D eigenvalue weighted by Crippen LogP contribution is 2.13. The van der Waals surface area contributed by atoms with Crippen molar-refractivity contribution in [2.24, 2.45) is 0 Å². The van der Waals surface area contributed by atoms with Crippen LogP contribution in [0.1, 0.15) is 10.4 Å². The smallest absolute Gasteiger partial charge is 0.254 e. The molecule has 2 aromatic rings. The number of rotatable bonds is 8. The second-order valence-corrected chi connectivity index (χ2v) is 6.34. The van der Waals surface area contributed by atoms with Crippen LogP contribution in [0.4, 0.5) is 5.82 Å². The Morgan fingerprint density at radius 2 is 1.96 bits per heavy atom. The minimum Gasteiger partial charge on any atom is -0.497 e. The van der Waals surface area contributed by atoms with E-state index in [1.54, 1.807) is 37.4 Å². The average molecular weight is 388 g/mol. The molecule has 9 nitrogen and oxygen atoms in total. The Balaban J connectivity index is 1.66. The second-order valence-electron chi connectivity index (χ2n) is 6.34. The van der Waals surface area contributed by atoms with Gasteiger partial charge >= 0.3 is 0 Å². The van der Waals surface area contributed by atoms with E-state index in [1.807, 2.05) is 0 Å². The average Bonchev–Trinajstić information content (AvgIpc) is 3.24. The van der Waals surface area contributed by atoms with Gasteiger partial charge in [-0.2, -0.15) is 0 Å². The zero-order valence-corrected chi connectivity index (χ0v) is 15.8. The summed E-state index contributed by atoms with van der Waals surface area (Å²) < 4.78 is 15.2. The first kappa shape index (κ1) is 19.8. The summed E-state index contributed by atoms with van der Waals surface area (Å²) in [5.74, 6) is 0.430. The highest BCUT2D eigenvalue weighted by molar-refractivity contribution is 5.99. The quantitative estimate of drug-likeness (QED) is 0.723. The maximum atomic E-state index is 13.0. The van der Waals surface area contributed by atoms with Crippen molar-refractivity contribution in [3.8, 4) is 5.75 Å². The Morgan fingerprint density at radius 3 is 2.61 bits per heavy atom. The molecule has 1 N–H and O–H groups in total. The minimum absolute atomic E-state index is 0.0813. The summed E-state index contributed by atoms with van der Waals surface area (Å²) in [5, 5.41) is 6.28. The lowest BCUT2D eigenvalue weighted by atomic mass is 10.2. The topological polar surface area (TPSA) is 97.1 Å². The first-order valence-electron chi connectivity index (χ1n) is 9.09. The number of morpholine rings is 1. The van der Waals surface area contributed by atoms with Crippen LogP contribution in [0.15, 0.2) is 41.1 Å². The van der Waals surface area contributed by atoms with Crippen molar-refractivity contribution < 1.29 is 23.6 Å². The predicted molar refractivity (Wildman–Crippen MR) is 101 cm³/mol. The number of carbonyl (C=O) groups excluding carboxylic acids is 2. The van der Waals surface area contributed by atoms with Crippen molar-refractivity contribution >= 4 is 17.6 Å². The Morgan fingerprint density at radius 1 is 1.21 bits per heavy atom. The van der Waals surface area contributed by atoms with E-state index in [0.29, 0.717) is 43.4 Å². The van der Waals surface area contributed by atoms with E-state index in [0.717, 1.165) is 13.1 Å². The Kier molecular flexibility index (Phi) is 6.99. The van der Waals surface area contributed by atoms with Gasteiger partial charge in [0.2, 0.25) is 5.91 Å². The first-order chi connectivity index (χ1) is 13.7. The summed E-state index contributed by atoms with van der Waals surface area (Å²) in [4.78, 5) is 29.1.